The van der Waals surface area contributed by atoms with Crippen molar-refractivity contribution in [2.45, 2.75) is 6.42 Å². The van der Waals surface area contributed by atoms with Crippen LogP contribution in [0.15, 0.2) is 17.5 Å². The molecular formula is C6H7IOS2. The van der Waals surface area contributed by atoms with Crippen molar-refractivity contribution in [1.82, 2.24) is 0 Å². The van der Waals surface area contributed by atoms with Crippen LogP contribution < -0.4 is 0 Å². The van der Waals surface area contributed by atoms with Crippen molar-refractivity contribution >= 4 is 41.8 Å². The van der Waals surface area contributed by atoms with E-state index in [1.165, 1.54) is 14.1 Å². The fourth-order valence-corrected chi connectivity index (χ4v) is 2.00. The van der Waals surface area contributed by atoms with E-state index >= 15 is 0 Å². The van der Waals surface area contributed by atoms with Crippen molar-refractivity contribution < 1.29 is 4.18 Å². The number of halogens is 1. The SMILES string of the molecule is ISOCCc1cccs1. The third-order valence-corrected chi connectivity index (χ3v) is 3.01. The lowest BCUT2D eigenvalue weighted by atomic mass is 10.4. The molecule has 0 fully saturated rings. The van der Waals surface area contributed by atoms with Gasteiger partial charge >= 0.3 is 0 Å². The molecule has 0 bridgehead atoms. The Kier molecular flexibility index (Phi) is 4.77. The first-order valence-corrected chi connectivity index (χ1v) is 7.02. The minimum Gasteiger partial charge on any atom is -0.305 e. The summed E-state index contributed by atoms with van der Waals surface area (Å²) in [6, 6.07) is 4.20. The molecule has 1 nitrogen and oxygen atoms in total. The lowest BCUT2D eigenvalue weighted by molar-refractivity contribution is 0.387. The van der Waals surface area contributed by atoms with Crippen molar-refractivity contribution in [3.63, 3.8) is 0 Å². The van der Waals surface area contributed by atoms with Crippen LogP contribution in [-0.4, -0.2) is 6.61 Å². The van der Waals surface area contributed by atoms with Crippen LogP contribution in [0.25, 0.3) is 0 Å². The van der Waals surface area contributed by atoms with E-state index in [1.54, 1.807) is 11.3 Å². The Labute approximate surface area is 81.0 Å². The minimum atomic E-state index is 0.814. The molecule has 0 aliphatic heterocycles. The highest BCUT2D eigenvalue weighted by molar-refractivity contribution is 14.2. The molecule has 0 radical (unpaired) electrons. The van der Waals surface area contributed by atoms with Gasteiger partial charge in [0.15, 0.2) is 0 Å². The van der Waals surface area contributed by atoms with E-state index in [4.69, 9.17) is 4.18 Å². The minimum absolute atomic E-state index is 0.814. The second-order valence-corrected chi connectivity index (χ2v) is 4.19. The summed E-state index contributed by atoms with van der Waals surface area (Å²) in [6.45, 7) is 0.814. The van der Waals surface area contributed by atoms with Crippen molar-refractivity contribution in [2.75, 3.05) is 6.61 Å². The molecule has 0 aliphatic carbocycles. The normalized spacial score (nSPS) is 10.1. The molecular weight excluding hydrogens is 279 g/mol. The summed E-state index contributed by atoms with van der Waals surface area (Å²) in [5, 5.41) is 2.09. The van der Waals surface area contributed by atoms with Crippen LogP contribution in [0.1, 0.15) is 4.88 Å². The molecule has 0 aromatic carbocycles. The third kappa shape index (κ3) is 3.23. The number of hydrogen-bond acceptors (Lipinski definition) is 3. The van der Waals surface area contributed by atoms with E-state index in [2.05, 4.69) is 38.7 Å². The summed E-state index contributed by atoms with van der Waals surface area (Å²) in [5.41, 5.74) is 0. The average molecular weight is 286 g/mol. The Hall–Kier alpha value is 0.740. The smallest absolute Gasteiger partial charge is 0.0671 e. The second kappa shape index (κ2) is 5.40. The molecule has 0 spiro atoms. The second-order valence-electron chi connectivity index (χ2n) is 1.71. The molecule has 0 amide bonds. The van der Waals surface area contributed by atoms with E-state index in [1.807, 2.05) is 0 Å². The maximum absolute atomic E-state index is 5.12. The molecule has 0 unspecified atom stereocenters. The van der Waals surface area contributed by atoms with Gasteiger partial charge in [-0.05, 0) is 11.4 Å². The van der Waals surface area contributed by atoms with Crippen LogP contribution in [-0.2, 0) is 10.6 Å². The largest absolute Gasteiger partial charge is 0.305 e. The van der Waals surface area contributed by atoms with Gasteiger partial charge in [-0.2, -0.15) is 0 Å². The molecule has 1 aromatic heterocycles. The zero-order chi connectivity index (χ0) is 7.23. The van der Waals surface area contributed by atoms with Gasteiger partial charge in [0.1, 0.15) is 0 Å². The highest BCUT2D eigenvalue weighted by Crippen LogP contribution is 2.14. The predicted molar refractivity (Wildman–Crippen MR) is 55.6 cm³/mol. The first-order valence-electron chi connectivity index (χ1n) is 2.86. The summed E-state index contributed by atoms with van der Waals surface area (Å²) >= 11 is 3.91. The molecule has 0 saturated heterocycles. The Morgan fingerprint density at radius 1 is 1.70 bits per heavy atom. The molecule has 1 rings (SSSR count). The summed E-state index contributed by atoms with van der Waals surface area (Å²) in [6.07, 6.45) is 1.04. The number of rotatable bonds is 4. The van der Waals surface area contributed by atoms with Gasteiger partial charge in [0.2, 0.25) is 0 Å². The molecule has 1 heterocycles. The molecule has 56 valence electrons. The van der Waals surface area contributed by atoms with Gasteiger partial charge < -0.3 is 4.18 Å². The first kappa shape index (κ1) is 8.83. The molecule has 0 saturated carbocycles. The summed E-state index contributed by atoms with van der Waals surface area (Å²) in [7, 11) is 1.40. The Morgan fingerprint density at radius 2 is 2.60 bits per heavy atom. The highest BCUT2D eigenvalue weighted by atomic mass is 127. The predicted octanol–water partition coefficient (Wildman–Crippen LogP) is 3.31. The zero-order valence-corrected chi connectivity index (χ0v) is 9.04. The molecule has 4 heteroatoms. The van der Waals surface area contributed by atoms with Crippen LogP contribution in [0, 0.1) is 0 Å². The topological polar surface area (TPSA) is 9.23 Å². The van der Waals surface area contributed by atoms with Gasteiger partial charge in [-0.25, -0.2) is 0 Å². The lowest BCUT2D eigenvalue weighted by Crippen LogP contribution is -1.87. The molecule has 0 N–H and O–H groups in total. The number of thiophene rings is 1. The van der Waals surface area contributed by atoms with Crippen LogP contribution >= 0.6 is 41.8 Å². The van der Waals surface area contributed by atoms with E-state index in [-0.39, 0.29) is 0 Å². The highest BCUT2D eigenvalue weighted by Gasteiger charge is 1.92. The summed E-state index contributed by atoms with van der Waals surface area (Å²) in [5.74, 6) is 0. The van der Waals surface area contributed by atoms with Crippen LogP contribution in [0.2, 0.25) is 0 Å². The van der Waals surface area contributed by atoms with Gasteiger partial charge in [-0.1, -0.05) is 6.07 Å². The van der Waals surface area contributed by atoms with Gasteiger partial charge in [-0.3, -0.25) is 0 Å². The summed E-state index contributed by atoms with van der Waals surface area (Å²) < 4.78 is 5.12. The average Bonchev–Trinajstić information content (AvgIpc) is 2.41. The zero-order valence-electron chi connectivity index (χ0n) is 5.25. The standard InChI is InChI=1S/C6H7IOS2/c7-10-8-4-3-6-2-1-5-9-6/h1-2,5H,3-4H2. The van der Waals surface area contributed by atoms with Gasteiger partial charge in [0.05, 0.1) is 15.8 Å². The third-order valence-electron chi connectivity index (χ3n) is 1.06. The fourth-order valence-electron chi connectivity index (χ4n) is 0.629. The first-order chi connectivity index (χ1) is 4.93. The molecule has 1 aromatic rings. The molecule has 10 heavy (non-hydrogen) atoms. The van der Waals surface area contributed by atoms with E-state index < -0.39 is 0 Å². The quantitative estimate of drug-likeness (QED) is 0.477. The van der Waals surface area contributed by atoms with Crippen molar-refractivity contribution in [3.8, 4) is 0 Å². The maximum Gasteiger partial charge on any atom is 0.0671 e. The summed E-state index contributed by atoms with van der Waals surface area (Å²) in [4.78, 5) is 1.39. The Balaban J connectivity index is 2.15. The van der Waals surface area contributed by atoms with Gasteiger partial charge in [-0.15, -0.1) is 11.3 Å². The maximum atomic E-state index is 5.12. The van der Waals surface area contributed by atoms with Crippen LogP contribution in [0.3, 0.4) is 0 Å². The van der Waals surface area contributed by atoms with Crippen LogP contribution in [0.5, 0.6) is 0 Å². The van der Waals surface area contributed by atoms with Crippen LogP contribution in [0.4, 0.5) is 0 Å². The monoisotopic (exact) mass is 286 g/mol. The van der Waals surface area contributed by atoms with Gasteiger partial charge in [0.25, 0.3) is 0 Å². The Bertz CT molecular complexity index is 164. The molecule has 0 atom stereocenters. The van der Waals surface area contributed by atoms with E-state index in [0.717, 1.165) is 13.0 Å². The lowest BCUT2D eigenvalue weighted by Gasteiger charge is -1.94. The number of hydrogen-bond donors (Lipinski definition) is 0. The Morgan fingerprint density at radius 3 is 3.20 bits per heavy atom. The van der Waals surface area contributed by atoms with E-state index in [9.17, 15) is 0 Å². The van der Waals surface area contributed by atoms with Crippen molar-refractivity contribution in [3.05, 3.63) is 22.4 Å². The fraction of sp³-hybridized carbons (Fsp3) is 0.333. The van der Waals surface area contributed by atoms with Gasteiger partial charge in [0, 0.05) is 32.5 Å². The van der Waals surface area contributed by atoms with E-state index in [0.29, 0.717) is 0 Å². The van der Waals surface area contributed by atoms with Crippen molar-refractivity contribution in [1.29, 1.82) is 0 Å². The van der Waals surface area contributed by atoms with Crippen molar-refractivity contribution in [2.24, 2.45) is 0 Å². The molecule has 0 aliphatic rings.